The molecule has 5 nitrogen and oxygen atoms in total. The van der Waals surface area contributed by atoms with Crippen molar-refractivity contribution in [3.8, 4) is 28.3 Å². The zero-order chi connectivity index (χ0) is 18.2. The van der Waals surface area contributed by atoms with Gasteiger partial charge in [-0.2, -0.15) is 14.6 Å². The van der Waals surface area contributed by atoms with Crippen LogP contribution in [0.15, 0.2) is 79.1 Å². The number of aromatic nitrogens is 4. The molecule has 5 heteroatoms. The number of nitrogens with zero attached hydrogens (tertiary/aromatic N) is 4. The van der Waals surface area contributed by atoms with Crippen molar-refractivity contribution in [3.63, 3.8) is 0 Å². The topological polar surface area (TPSA) is 52.3 Å². The van der Waals surface area contributed by atoms with Crippen LogP contribution in [0.1, 0.15) is 0 Å². The zero-order valence-electron chi connectivity index (χ0n) is 14.7. The molecule has 130 valence electrons. The van der Waals surface area contributed by atoms with Gasteiger partial charge in [0.05, 0.1) is 18.5 Å². The first-order valence-electron chi connectivity index (χ1n) is 8.67. The number of ether oxygens (including phenoxy) is 1. The summed E-state index contributed by atoms with van der Waals surface area (Å²) in [6, 6.07) is 24.6. The van der Waals surface area contributed by atoms with Gasteiger partial charge in [-0.15, -0.1) is 0 Å². The molecule has 0 atom stereocenters. The molecular formula is C22H16N4O. The van der Waals surface area contributed by atoms with Gasteiger partial charge in [-0.25, -0.2) is 4.98 Å². The van der Waals surface area contributed by atoms with Crippen molar-refractivity contribution in [2.75, 3.05) is 7.11 Å². The molecule has 0 aliphatic heterocycles. The Labute approximate surface area is 155 Å². The second-order valence-corrected chi connectivity index (χ2v) is 6.25. The van der Waals surface area contributed by atoms with E-state index in [1.165, 1.54) is 17.1 Å². The average molecular weight is 352 g/mol. The fourth-order valence-electron chi connectivity index (χ4n) is 3.36. The Hall–Kier alpha value is -3.73. The van der Waals surface area contributed by atoms with E-state index >= 15 is 0 Å². The molecule has 0 amide bonds. The fourth-order valence-corrected chi connectivity index (χ4v) is 3.36. The van der Waals surface area contributed by atoms with E-state index in [1.807, 2.05) is 30.3 Å². The third kappa shape index (κ3) is 2.60. The zero-order valence-corrected chi connectivity index (χ0v) is 14.7. The van der Waals surface area contributed by atoms with Gasteiger partial charge in [0.1, 0.15) is 12.1 Å². The molecule has 5 rings (SSSR count). The van der Waals surface area contributed by atoms with E-state index in [-0.39, 0.29) is 0 Å². The lowest BCUT2D eigenvalue weighted by atomic mass is 10.0. The van der Waals surface area contributed by atoms with Gasteiger partial charge < -0.3 is 4.74 Å². The van der Waals surface area contributed by atoms with Crippen LogP contribution in [0.5, 0.6) is 5.75 Å². The highest BCUT2D eigenvalue weighted by Gasteiger charge is 2.13. The Bertz CT molecular complexity index is 1250. The highest BCUT2D eigenvalue weighted by molar-refractivity contribution is 5.96. The Kier molecular flexibility index (Phi) is 3.57. The molecule has 0 N–H and O–H groups in total. The Morgan fingerprint density at radius 3 is 2.56 bits per heavy atom. The molecule has 0 bridgehead atoms. The van der Waals surface area contributed by atoms with Gasteiger partial charge in [-0.1, -0.05) is 42.5 Å². The molecule has 2 heterocycles. The van der Waals surface area contributed by atoms with Crippen molar-refractivity contribution in [2.45, 2.75) is 0 Å². The van der Waals surface area contributed by atoms with Crippen molar-refractivity contribution in [1.82, 2.24) is 19.6 Å². The molecule has 2 aromatic heterocycles. The standard InChI is InChI=1S/C22H16N4O/c1-27-17-11-9-16(10-12-17)20-13-21(26-22(25-20)23-14-24-26)19-8-4-6-15-5-2-3-7-18(15)19/h2-14H,1H3. The van der Waals surface area contributed by atoms with Crippen LogP contribution >= 0.6 is 0 Å². The summed E-state index contributed by atoms with van der Waals surface area (Å²) in [5, 5.41) is 6.74. The highest BCUT2D eigenvalue weighted by atomic mass is 16.5. The van der Waals surface area contributed by atoms with Gasteiger partial charge in [0.25, 0.3) is 5.78 Å². The Morgan fingerprint density at radius 1 is 0.889 bits per heavy atom. The summed E-state index contributed by atoms with van der Waals surface area (Å²) in [5.74, 6) is 1.39. The average Bonchev–Trinajstić information content (AvgIpc) is 3.21. The van der Waals surface area contributed by atoms with Crippen molar-refractivity contribution in [3.05, 3.63) is 79.1 Å². The molecule has 27 heavy (non-hydrogen) atoms. The predicted molar refractivity (Wildman–Crippen MR) is 106 cm³/mol. The van der Waals surface area contributed by atoms with Crippen LogP contribution in [0.25, 0.3) is 39.1 Å². The minimum atomic E-state index is 0.575. The number of fused-ring (bicyclic) bond motifs is 2. The summed E-state index contributed by atoms with van der Waals surface area (Å²) in [6.45, 7) is 0. The molecule has 5 aromatic rings. The lowest BCUT2D eigenvalue weighted by Gasteiger charge is -2.11. The largest absolute Gasteiger partial charge is 0.497 e. The van der Waals surface area contributed by atoms with Crippen LogP contribution in [0, 0.1) is 0 Å². The second kappa shape index (κ2) is 6.21. The van der Waals surface area contributed by atoms with Crippen LogP contribution in [-0.4, -0.2) is 26.7 Å². The normalized spacial score (nSPS) is 11.1. The number of benzene rings is 3. The van der Waals surface area contributed by atoms with E-state index in [2.05, 4.69) is 57.5 Å². The summed E-state index contributed by atoms with van der Waals surface area (Å²) in [7, 11) is 1.66. The van der Waals surface area contributed by atoms with E-state index in [0.717, 1.165) is 28.3 Å². The lowest BCUT2D eigenvalue weighted by molar-refractivity contribution is 0.415. The van der Waals surface area contributed by atoms with Crippen molar-refractivity contribution in [2.24, 2.45) is 0 Å². The maximum Gasteiger partial charge on any atom is 0.253 e. The molecule has 0 saturated carbocycles. The molecule has 0 fully saturated rings. The SMILES string of the molecule is COc1ccc(-c2cc(-c3cccc4ccccc34)n3ncnc3n2)cc1. The minimum Gasteiger partial charge on any atom is -0.497 e. The summed E-state index contributed by atoms with van der Waals surface area (Å²) >= 11 is 0. The first kappa shape index (κ1) is 15.5. The van der Waals surface area contributed by atoms with Gasteiger partial charge in [-0.05, 0) is 41.1 Å². The summed E-state index contributed by atoms with van der Waals surface area (Å²) in [5.41, 5.74) is 3.91. The molecule has 3 aromatic carbocycles. The number of methoxy groups -OCH3 is 1. The molecular weight excluding hydrogens is 336 g/mol. The number of hydrogen-bond acceptors (Lipinski definition) is 4. The van der Waals surface area contributed by atoms with Crippen LogP contribution in [0.2, 0.25) is 0 Å². The van der Waals surface area contributed by atoms with Crippen LogP contribution in [-0.2, 0) is 0 Å². The predicted octanol–water partition coefficient (Wildman–Crippen LogP) is 4.62. The number of rotatable bonds is 3. The monoisotopic (exact) mass is 352 g/mol. The van der Waals surface area contributed by atoms with Crippen LogP contribution in [0.4, 0.5) is 0 Å². The van der Waals surface area contributed by atoms with E-state index < -0.39 is 0 Å². The molecule has 0 radical (unpaired) electrons. The third-order valence-electron chi connectivity index (χ3n) is 4.70. The summed E-state index contributed by atoms with van der Waals surface area (Å²) in [6.07, 6.45) is 1.54. The van der Waals surface area contributed by atoms with Gasteiger partial charge in [0.15, 0.2) is 0 Å². The quantitative estimate of drug-likeness (QED) is 0.475. The Morgan fingerprint density at radius 2 is 1.70 bits per heavy atom. The van der Waals surface area contributed by atoms with Crippen LogP contribution < -0.4 is 4.74 Å². The fraction of sp³-hybridized carbons (Fsp3) is 0.0455. The third-order valence-corrected chi connectivity index (χ3v) is 4.70. The molecule has 0 spiro atoms. The highest BCUT2D eigenvalue weighted by Crippen LogP contribution is 2.31. The van der Waals surface area contributed by atoms with E-state index in [0.29, 0.717) is 5.78 Å². The van der Waals surface area contributed by atoms with Crippen molar-refractivity contribution >= 4 is 16.6 Å². The second-order valence-electron chi connectivity index (χ2n) is 6.25. The van der Waals surface area contributed by atoms with Gasteiger partial charge in [-0.3, -0.25) is 0 Å². The lowest BCUT2D eigenvalue weighted by Crippen LogP contribution is -1.99. The van der Waals surface area contributed by atoms with Gasteiger partial charge in [0.2, 0.25) is 0 Å². The smallest absolute Gasteiger partial charge is 0.253 e. The maximum absolute atomic E-state index is 5.26. The van der Waals surface area contributed by atoms with E-state index in [9.17, 15) is 0 Å². The summed E-state index contributed by atoms with van der Waals surface area (Å²) in [4.78, 5) is 9.00. The maximum atomic E-state index is 5.26. The molecule has 0 saturated heterocycles. The van der Waals surface area contributed by atoms with E-state index in [1.54, 1.807) is 11.6 Å². The first-order valence-corrected chi connectivity index (χ1v) is 8.67. The van der Waals surface area contributed by atoms with Crippen molar-refractivity contribution < 1.29 is 4.74 Å². The summed E-state index contributed by atoms with van der Waals surface area (Å²) < 4.78 is 7.04. The van der Waals surface area contributed by atoms with Crippen molar-refractivity contribution in [1.29, 1.82) is 0 Å². The van der Waals surface area contributed by atoms with Gasteiger partial charge in [0, 0.05) is 11.1 Å². The minimum absolute atomic E-state index is 0.575. The van der Waals surface area contributed by atoms with E-state index in [4.69, 9.17) is 4.74 Å². The molecule has 0 aliphatic rings. The number of hydrogen-bond donors (Lipinski definition) is 0. The van der Waals surface area contributed by atoms with Crippen LogP contribution in [0.3, 0.4) is 0 Å². The Balaban J connectivity index is 1.77. The first-order chi connectivity index (χ1) is 13.3. The van der Waals surface area contributed by atoms with Gasteiger partial charge >= 0.3 is 0 Å². The molecule has 0 aliphatic carbocycles. The molecule has 0 unspecified atom stereocenters.